The van der Waals surface area contributed by atoms with E-state index in [0.29, 0.717) is 37.0 Å². The average molecular weight is 453 g/mol. The Bertz CT molecular complexity index is 1220. The molecule has 32 heavy (non-hydrogen) atoms. The number of nitrogens with two attached hydrogens (primary N) is 1. The summed E-state index contributed by atoms with van der Waals surface area (Å²) in [6.07, 6.45) is 2.08. The van der Waals surface area contributed by atoms with Crippen molar-refractivity contribution >= 4 is 33.3 Å². The zero-order chi connectivity index (χ0) is 22.3. The molecule has 0 atom stereocenters. The number of halogens is 1. The number of thiophene rings is 1. The van der Waals surface area contributed by atoms with E-state index in [1.165, 1.54) is 29.8 Å². The number of amides is 2. The third-order valence-corrected chi connectivity index (χ3v) is 5.40. The number of nitrogens with zero attached hydrogens (tertiary/aromatic N) is 2. The Morgan fingerprint density at radius 2 is 1.91 bits per heavy atom. The van der Waals surface area contributed by atoms with Crippen molar-refractivity contribution in [1.82, 2.24) is 15.4 Å². The summed E-state index contributed by atoms with van der Waals surface area (Å²) in [6.45, 7) is 0.799. The Morgan fingerprint density at radius 1 is 1.09 bits per heavy atom. The van der Waals surface area contributed by atoms with Crippen LogP contribution in [0.2, 0.25) is 0 Å². The summed E-state index contributed by atoms with van der Waals surface area (Å²) in [4.78, 5) is 20.7. The molecule has 8 nitrogen and oxygen atoms in total. The molecular formula is C22H20FN5O3S. The summed E-state index contributed by atoms with van der Waals surface area (Å²) in [7, 11) is 0. The monoisotopic (exact) mass is 453 g/mol. The maximum atomic E-state index is 13.3. The Labute approximate surface area is 187 Å². The van der Waals surface area contributed by atoms with E-state index in [-0.39, 0.29) is 5.82 Å². The van der Waals surface area contributed by atoms with Crippen molar-refractivity contribution in [2.75, 3.05) is 18.5 Å². The molecule has 10 heteroatoms. The number of aromatic nitrogens is 2. The van der Waals surface area contributed by atoms with Gasteiger partial charge in [-0.05, 0) is 29.8 Å². The second kappa shape index (κ2) is 10.0. The molecule has 0 aliphatic rings. The molecule has 0 saturated heterocycles. The minimum Gasteiger partial charge on any atom is -0.493 e. The number of hydrogen-bond donors (Lipinski definition) is 3. The molecule has 2 aromatic heterocycles. The number of fused-ring (bicyclic) bond motifs is 1. The predicted octanol–water partition coefficient (Wildman–Crippen LogP) is 4.34. The Balaban J connectivity index is 1.36. The number of carbonyl (C=O) groups excluding carboxylic acids is 1. The van der Waals surface area contributed by atoms with E-state index in [1.807, 2.05) is 10.8 Å². The van der Waals surface area contributed by atoms with Crippen molar-refractivity contribution in [2.24, 2.45) is 5.84 Å². The molecular weight excluding hydrogens is 433 g/mol. The normalized spacial score (nSPS) is 10.7. The number of ether oxygens (including phenoxy) is 2. The smallest absolute Gasteiger partial charge is 0.333 e. The highest BCUT2D eigenvalue weighted by atomic mass is 32.1. The zero-order valence-corrected chi connectivity index (χ0v) is 17.7. The van der Waals surface area contributed by atoms with Gasteiger partial charge in [-0.15, -0.1) is 11.3 Å². The van der Waals surface area contributed by atoms with Crippen molar-refractivity contribution in [3.63, 3.8) is 0 Å². The lowest BCUT2D eigenvalue weighted by atomic mass is 10.1. The van der Waals surface area contributed by atoms with E-state index in [1.54, 1.807) is 36.4 Å². The number of hydrazine groups is 1. The molecule has 0 aliphatic carbocycles. The molecule has 2 amide bonds. The van der Waals surface area contributed by atoms with Crippen LogP contribution in [-0.4, -0.2) is 29.2 Å². The van der Waals surface area contributed by atoms with Gasteiger partial charge in [0.15, 0.2) is 0 Å². The molecule has 2 heterocycles. The lowest BCUT2D eigenvalue weighted by Crippen LogP contribution is -2.34. The van der Waals surface area contributed by atoms with Gasteiger partial charge in [0, 0.05) is 29.1 Å². The van der Waals surface area contributed by atoms with Gasteiger partial charge in [0.2, 0.25) is 5.88 Å². The van der Waals surface area contributed by atoms with E-state index in [9.17, 15) is 9.18 Å². The number of rotatable bonds is 8. The van der Waals surface area contributed by atoms with Crippen molar-refractivity contribution in [1.29, 1.82) is 0 Å². The molecule has 0 radical (unpaired) electrons. The van der Waals surface area contributed by atoms with E-state index in [2.05, 4.69) is 15.3 Å². The second-order valence-electron chi connectivity index (χ2n) is 6.69. The Hall–Kier alpha value is -3.76. The van der Waals surface area contributed by atoms with E-state index in [4.69, 9.17) is 15.3 Å². The highest BCUT2D eigenvalue weighted by Gasteiger charge is 2.14. The van der Waals surface area contributed by atoms with Crippen LogP contribution >= 0.6 is 11.3 Å². The lowest BCUT2D eigenvalue weighted by Gasteiger charge is -2.10. The minimum atomic E-state index is -0.514. The number of anilines is 1. The molecule has 4 N–H and O–H groups in total. The van der Waals surface area contributed by atoms with Crippen LogP contribution in [0.1, 0.15) is 6.42 Å². The first-order valence-electron chi connectivity index (χ1n) is 9.75. The number of carbonyl (C=O) groups is 1. The second-order valence-corrected chi connectivity index (χ2v) is 7.55. The summed E-state index contributed by atoms with van der Waals surface area (Å²) in [5.41, 5.74) is 4.35. The molecule has 0 bridgehead atoms. The van der Waals surface area contributed by atoms with Crippen LogP contribution < -0.4 is 26.1 Å². The van der Waals surface area contributed by atoms with Gasteiger partial charge in [0.1, 0.15) is 22.7 Å². The van der Waals surface area contributed by atoms with Crippen LogP contribution in [0.25, 0.3) is 21.3 Å². The van der Waals surface area contributed by atoms with Gasteiger partial charge in [-0.2, -0.15) is 0 Å². The predicted molar refractivity (Wildman–Crippen MR) is 121 cm³/mol. The van der Waals surface area contributed by atoms with E-state index >= 15 is 0 Å². The van der Waals surface area contributed by atoms with Crippen molar-refractivity contribution in [2.45, 2.75) is 6.42 Å². The number of hydrogen-bond acceptors (Lipinski definition) is 7. The van der Waals surface area contributed by atoms with Crippen molar-refractivity contribution in [3.05, 3.63) is 66.1 Å². The highest BCUT2D eigenvalue weighted by molar-refractivity contribution is 7.17. The molecule has 0 saturated carbocycles. The third kappa shape index (κ3) is 5.10. The van der Waals surface area contributed by atoms with Crippen LogP contribution in [0.3, 0.4) is 0 Å². The fourth-order valence-corrected chi connectivity index (χ4v) is 3.95. The molecule has 4 rings (SSSR count). The van der Waals surface area contributed by atoms with Crippen LogP contribution in [-0.2, 0) is 0 Å². The van der Waals surface area contributed by atoms with E-state index in [0.717, 1.165) is 21.3 Å². The van der Waals surface area contributed by atoms with Crippen LogP contribution in [0.5, 0.6) is 11.6 Å². The largest absolute Gasteiger partial charge is 0.493 e. The quantitative estimate of drug-likeness (QED) is 0.158. The van der Waals surface area contributed by atoms with Gasteiger partial charge in [0.25, 0.3) is 0 Å². The molecule has 164 valence electrons. The van der Waals surface area contributed by atoms with Gasteiger partial charge in [-0.3, -0.25) is 5.43 Å². The Morgan fingerprint density at radius 3 is 2.72 bits per heavy atom. The topological polar surface area (TPSA) is 111 Å². The lowest BCUT2D eigenvalue weighted by molar-refractivity contribution is 0.244. The number of urea groups is 1. The van der Waals surface area contributed by atoms with Crippen LogP contribution in [0, 0.1) is 5.82 Å². The molecule has 2 aromatic carbocycles. The third-order valence-electron chi connectivity index (χ3n) is 4.51. The summed E-state index contributed by atoms with van der Waals surface area (Å²) in [5, 5.41) is 5.35. The summed E-state index contributed by atoms with van der Waals surface area (Å²) in [5.74, 6) is 5.87. The molecule has 0 unspecified atom stereocenters. The fraction of sp³-hybridized carbons (Fsp3) is 0.136. The molecule has 0 aliphatic heterocycles. The first-order valence-corrected chi connectivity index (χ1v) is 10.6. The van der Waals surface area contributed by atoms with Gasteiger partial charge in [-0.1, -0.05) is 18.2 Å². The highest BCUT2D eigenvalue weighted by Crippen LogP contribution is 2.37. The molecule has 0 fully saturated rings. The van der Waals surface area contributed by atoms with Gasteiger partial charge in [0.05, 0.1) is 18.6 Å². The maximum Gasteiger partial charge on any atom is 0.333 e. The number of benzene rings is 2. The first-order chi connectivity index (χ1) is 15.6. The maximum absolute atomic E-state index is 13.3. The molecule has 4 aromatic rings. The van der Waals surface area contributed by atoms with E-state index < -0.39 is 6.03 Å². The summed E-state index contributed by atoms with van der Waals surface area (Å²) < 4.78 is 24.9. The SMILES string of the molecule is NNC(=O)Nc1cccc(OCCCOc2ncnc3scc(-c4ccc(F)cc4)c23)c1. The first kappa shape index (κ1) is 21.5. The Kier molecular flexibility index (Phi) is 6.73. The molecule has 0 spiro atoms. The summed E-state index contributed by atoms with van der Waals surface area (Å²) >= 11 is 1.48. The van der Waals surface area contributed by atoms with Crippen molar-refractivity contribution in [3.8, 4) is 22.8 Å². The van der Waals surface area contributed by atoms with Crippen molar-refractivity contribution < 1.29 is 18.7 Å². The average Bonchev–Trinajstić information content (AvgIpc) is 3.24. The van der Waals surface area contributed by atoms with Gasteiger partial charge in [-0.25, -0.2) is 25.0 Å². The van der Waals surface area contributed by atoms with Gasteiger partial charge < -0.3 is 14.8 Å². The zero-order valence-electron chi connectivity index (χ0n) is 16.9. The number of nitrogens with one attached hydrogen (secondary N) is 2. The van der Waals surface area contributed by atoms with Gasteiger partial charge >= 0.3 is 6.03 Å². The van der Waals surface area contributed by atoms with Crippen LogP contribution in [0.4, 0.5) is 14.9 Å². The standard InChI is InChI=1S/C22H20FN5O3S/c23-15-7-5-14(6-8-15)18-12-32-21-19(18)20(25-13-26-21)31-10-2-9-30-17-4-1-3-16(11-17)27-22(29)28-24/h1,3-8,11-13H,2,9-10,24H2,(H2,27,28,29). The fourth-order valence-electron chi connectivity index (χ4n) is 3.05. The summed E-state index contributed by atoms with van der Waals surface area (Å²) in [6, 6.07) is 12.8. The minimum absolute atomic E-state index is 0.287. The van der Waals surface area contributed by atoms with Crippen LogP contribution in [0.15, 0.2) is 60.2 Å².